The van der Waals surface area contributed by atoms with Gasteiger partial charge in [0.15, 0.2) is 5.76 Å². The molecule has 0 aliphatic carbocycles. The van der Waals surface area contributed by atoms with E-state index in [1.54, 1.807) is 12.1 Å². The molecule has 0 saturated carbocycles. The Morgan fingerprint density at radius 2 is 2.05 bits per heavy atom. The van der Waals surface area contributed by atoms with Crippen molar-refractivity contribution < 1.29 is 14.1 Å². The third-order valence-electron chi connectivity index (χ3n) is 2.68. The second kappa shape index (κ2) is 6.15. The molecule has 5 heteroatoms. The largest absolute Gasteiger partial charge is 0.465 e. The maximum atomic E-state index is 11.3. The zero-order valence-electron chi connectivity index (χ0n) is 11.0. The van der Waals surface area contributed by atoms with Crippen molar-refractivity contribution >= 4 is 5.97 Å². The summed E-state index contributed by atoms with van der Waals surface area (Å²) in [5.41, 5.74) is 2.51. The average Bonchev–Trinajstić information content (AvgIpc) is 2.84. The summed E-state index contributed by atoms with van der Waals surface area (Å²) in [5, 5.41) is 7.06. The summed E-state index contributed by atoms with van der Waals surface area (Å²) in [7, 11) is 1.37. The van der Waals surface area contributed by atoms with E-state index in [-0.39, 0.29) is 5.97 Å². The molecule has 0 amide bonds. The summed E-state index contributed by atoms with van der Waals surface area (Å²) in [6.07, 6.45) is 0. The van der Waals surface area contributed by atoms with E-state index < -0.39 is 0 Å². The van der Waals surface area contributed by atoms with Crippen LogP contribution in [0.5, 0.6) is 0 Å². The van der Waals surface area contributed by atoms with Gasteiger partial charge in [0.25, 0.3) is 0 Å². The highest BCUT2D eigenvalue weighted by molar-refractivity contribution is 5.89. The van der Waals surface area contributed by atoms with Crippen LogP contribution in [0, 0.1) is 6.92 Å². The van der Waals surface area contributed by atoms with E-state index >= 15 is 0 Å². The number of carbonyl (C=O) groups excluding carboxylic acids is 1. The third kappa shape index (κ3) is 3.66. The molecule has 1 heterocycles. The molecule has 19 heavy (non-hydrogen) atoms. The number of hydrogen-bond acceptors (Lipinski definition) is 5. The van der Waals surface area contributed by atoms with Gasteiger partial charge in [-0.25, -0.2) is 4.79 Å². The summed E-state index contributed by atoms with van der Waals surface area (Å²) in [6.45, 7) is 3.21. The molecular weight excluding hydrogens is 244 g/mol. The lowest BCUT2D eigenvalue weighted by atomic mass is 10.1. The monoisotopic (exact) mass is 260 g/mol. The molecule has 0 aliphatic rings. The number of nitrogens with zero attached hydrogens (tertiary/aromatic N) is 1. The van der Waals surface area contributed by atoms with Crippen LogP contribution in [0.1, 0.15) is 27.4 Å². The molecule has 1 aromatic heterocycles. The Balaban J connectivity index is 1.84. The molecule has 0 unspecified atom stereocenters. The molecule has 0 fully saturated rings. The second-order valence-corrected chi connectivity index (χ2v) is 4.23. The van der Waals surface area contributed by atoms with Crippen LogP contribution in [0.3, 0.4) is 0 Å². The first-order valence-corrected chi connectivity index (χ1v) is 5.99. The lowest BCUT2D eigenvalue weighted by Crippen LogP contribution is -2.12. The van der Waals surface area contributed by atoms with E-state index in [1.165, 1.54) is 7.11 Å². The fourth-order valence-corrected chi connectivity index (χ4v) is 1.71. The van der Waals surface area contributed by atoms with Crippen molar-refractivity contribution in [1.29, 1.82) is 0 Å². The smallest absolute Gasteiger partial charge is 0.337 e. The molecular formula is C14H16N2O3. The van der Waals surface area contributed by atoms with Gasteiger partial charge in [0.1, 0.15) is 0 Å². The normalized spacial score (nSPS) is 10.4. The SMILES string of the molecule is COC(=O)c1ccc(CNCc2cc(C)no2)cc1. The molecule has 100 valence electrons. The molecule has 1 aromatic carbocycles. The first kappa shape index (κ1) is 13.3. The van der Waals surface area contributed by atoms with Crippen molar-refractivity contribution in [2.45, 2.75) is 20.0 Å². The Morgan fingerprint density at radius 1 is 1.32 bits per heavy atom. The number of esters is 1. The van der Waals surface area contributed by atoms with Crippen molar-refractivity contribution in [3.05, 3.63) is 52.9 Å². The molecule has 0 radical (unpaired) electrons. The minimum Gasteiger partial charge on any atom is -0.465 e. The minimum absolute atomic E-state index is 0.323. The van der Waals surface area contributed by atoms with Crippen LogP contribution in [0.15, 0.2) is 34.9 Å². The van der Waals surface area contributed by atoms with Crippen molar-refractivity contribution in [3.8, 4) is 0 Å². The maximum absolute atomic E-state index is 11.3. The number of benzene rings is 1. The van der Waals surface area contributed by atoms with Crippen molar-refractivity contribution in [3.63, 3.8) is 0 Å². The topological polar surface area (TPSA) is 64.4 Å². The van der Waals surface area contributed by atoms with E-state index in [9.17, 15) is 4.79 Å². The van der Waals surface area contributed by atoms with Crippen LogP contribution in [0.4, 0.5) is 0 Å². The number of nitrogens with one attached hydrogen (secondary N) is 1. The van der Waals surface area contributed by atoms with Gasteiger partial charge >= 0.3 is 5.97 Å². The zero-order valence-corrected chi connectivity index (χ0v) is 11.0. The minimum atomic E-state index is -0.323. The summed E-state index contributed by atoms with van der Waals surface area (Å²) in [5.74, 6) is 0.486. The number of carbonyl (C=O) groups is 1. The molecule has 0 aliphatic heterocycles. The summed E-state index contributed by atoms with van der Waals surface area (Å²) in [4.78, 5) is 11.3. The molecule has 5 nitrogen and oxygen atoms in total. The van der Waals surface area contributed by atoms with Gasteiger partial charge in [-0.3, -0.25) is 0 Å². The second-order valence-electron chi connectivity index (χ2n) is 4.23. The van der Waals surface area contributed by atoms with E-state index in [0.29, 0.717) is 18.7 Å². The Bertz CT molecular complexity index is 546. The quantitative estimate of drug-likeness (QED) is 0.834. The van der Waals surface area contributed by atoms with Crippen LogP contribution < -0.4 is 5.32 Å². The summed E-state index contributed by atoms with van der Waals surface area (Å²) in [6, 6.07) is 9.19. The Kier molecular flexibility index (Phi) is 4.30. The summed E-state index contributed by atoms with van der Waals surface area (Å²) < 4.78 is 9.74. The predicted octanol–water partition coefficient (Wildman–Crippen LogP) is 2.06. The van der Waals surface area contributed by atoms with Gasteiger partial charge in [-0.1, -0.05) is 17.3 Å². The predicted molar refractivity (Wildman–Crippen MR) is 69.6 cm³/mol. The van der Waals surface area contributed by atoms with Crippen LogP contribution in [-0.4, -0.2) is 18.2 Å². The van der Waals surface area contributed by atoms with E-state index in [0.717, 1.165) is 17.0 Å². The average molecular weight is 260 g/mol. The highest BCUT2D eigenvalue weighted by Gasteiger charge is 2.04. The van der Waals surface area contributed by atoms with Gasteiger partial charge in [0.05, 0.1) is 24.9 Å². The highest BCUT2D eigenvalue weighted by atomic mass is 16.5. The number of methoxy groups -OCH3 is 1. The van der Waals surface area contributed by atoms with Crippen LogP contribution >= 0.6 is 0 Å². The Morgan fingerprint density at radius 3 is 2.63 bits per heavy atom. The third-order valence-corrected chi connectivity index (χ3v) is 2.68. The van der Waals surface area contributed by atoms with Crippen LogP contribution in [0.2, 0.25) is 0 Å². The molecule has 0 bridgehead atoms. The van der Waals surface area contributed by atoms with Gasteiger partial charge in [0.2, 0.25) is 0 Å². The first-order valence-electron chi connectivity index (χ1n) is 5.99. The number of aromatic nitrogens is 1. The van der Waals surface area contributed by atoms with Gasteiger partial charge in [-0.15, -0.1) is 0 Å². The van der Waals surface area contributed by atoms with Crippen LogP contribution in [-0.2, 0) is 17.8 Å². The van der Waals surface area contributed by atoms with Gasteiger partial charge < -0.3 is 14.6 Å². The fraction of sp³-hybridized carbons (Fsp3) is 0.286. The van der Waals surface area contributed by atoms with Gasteiger partial charge in [-0.2, -0.15) is 0 Å². The van der Waals surface area contributed by atoms with Gasteiger partial charge in [-0.05, 0) is 24.6 Å². The highest BCUT2D eigenvalue weighted by Crippen LogP contribution is 2.06. The number of rotatable bonds is 5. The van der Waals surface area contributed by atoms with Crippen molar-refractivity contribution in [1.82, 2.24) is 10.5 Å². The van der Waals surface area contributed by atoms with Crippen LogP contribution in [0.25, 0.3) is 0 Å². The molecule has 0 spiro atoms. The summed E-state index contributed by atoms with van der Waals surface area (Å²) >= 11 is 0. The zero-order chi connectivity index (χ0) is 13.7. The van der Waals surface area contributed by atoms with Gasteiger partial charge in [0, 0.05) is 12.6 Å². The van der Waals surface area contributed by atoms with Crippen molar-refractivity contribution in [2.24, 2.45) is 0 Å². The van der Waals surface area contributed by atoms with E-state index in [4.69, 9.17) is 4.52 Å². The number of hydrogen-bond donors (Lipinski definition) is 1. The Hall–Kier alpha value is -2.14. The molecule has 1 N–H and O–H groups in total. The lowest BCUT2D eigenvalue weighted by molar-refractivity contribution is 0.0600. The molecule has 0 atom stereocenters. The molecule has 2 aromatic rings. The van der Waals surface area contributed by atoms with Crippen molar-refractivity contribution in [2.75, 3.05) is 7.11 Å². The maximum Gasteiger partial charge on any atom is 0.337 e. The Labute approximate surface area is 111 Å². The molecule has 0 saturated heterocycles. The van der Waals surface area contributed by atoms with E-state index in [2.05, 4.69) is 15.2 Å². The van der Waals surface area contributed by atoms with E-state index in [1.807, 2.05) is 25.1 Å². The number of ether oxygens (including phenoxy) is 1. The fourth-order valence-electron chi connectivity index (χ4n) is 1.71. The number of aryl methyl sites for hydroxylation is 1. The first-order chi connectivity index (χ1) is 9.19. The lowest BCUT2D eigenvalue weighted by Gasteiger charge is -2.04. The standard InChI is InChI=1S/C14H16N2O3/c1-10-7-13(19-16-10)9-15-8-11-3-5-12(6-4-11)14(17)18-2/h3-7,15H,8-9H2,1-2H3. The molecule has 2 rings (SSSR count).